The summed E-state index contributed by atoms with van der Waals surface area (Å²) >= 11 is 0. The molecule has 2 aromatic heterocycles. The number of aromatic nitrogens is 3. The van der Waals surface area contributed by atoms with Crippen molar-refractivity contribution in [2.45, 2.75) is 50.7 Å². The highest BCUT2D eigenvalue weighted by molar-refractivity contribution is 5.77. The molecule has 2 saturated heterocycles. The van der Waals surface area contributed by atoms with Crippen LogP contribution in [-0.2, 0) is 9.53 Å². The number of nitrogens with zero attached hydrogens (tertiary/aromatic N) is 4. The molecule has 1 amide bonds. The molecule has 23 heavy (non-hydrogen) atoms. The smallest absolute Gasteiger partial charge is 0.223 e. The van der Waals surface area contributed by atoms with Gasteiger partial charge in [0.15, 0.2) is 11.5 Å². The van der Waals surface area contributed by atoms with E-state index < -0.39 is 0 Å². The number of hydrogen-bond acceptors (Lipinski definition) is 4. The zero-order valence-corrected chi connectivity index (χ0v) is 13.2. The third kappa shape index (κ3) is 2.83. The fourth-order valence-corrected chi connectivity index (χ4v) is 3.72. The summed E-state index contributed by atoms with van der Waals surface area (Å²) in [6, 6.07) is 5.91. The van der Waals surface area contributed by atoms with E-state index in [1.165, 1.54) is 0 Å². The highest BCUT2D eigenvalue weighted by atomic mass is 16.5. The van der Waals surface area contributed by atoms with Gasteiger partial charge in [0.2, 0.25) is 5.91 Å². The van der Waals surface area contributed by atoms with Gasteiger partial charge < -0.3 is 9.64 Å². The topological polar surface area (TPSA) is 59.7 Å². The van der Waals surface area contributed by atoms with E-state index in [1.54, 1.807) is 0 Å². The van der Waals surface area contributed by atoms with Crippen molar-refractivity contribution in [3.05, 3.63) is 30.2 Å². The molecular formula is C17H22N4O2. The van der Waals surface area contributed by atoms with Gasteiger partial charge in [0.05, 0.1) is 12.1 Å². The Labute approximate surface area is 135 Å². The highest BCUT2D eigenvalue weighted by Gasteiger charge is 2.33. The predicted octanol–water partition coefficient (Wildman–Crippen LogP) is 2.35. The van der Waals surface area contributed by atoms with Gasteiger partial charge in [-0.1, -0.05) is 6.07 Å². The predicted molar refractivity (Wildman–Crippen MR) is 84.9 cm³/mol. The molecule has 0 saturated carbocycles. The molecule has 122 valence electrons. The highest BCUT2D eigenvalue weighted by Crippen LogP contribution is 2.32. The maximum atomic E-state index is 12.7. The van der Waals surface area contributed by atoms with E-state index in [2.05, 4.69) is 10.2 Å². The Kier molecular flexibility index (Phi) is 3.99. The summed E-state index contributed by atoms with van der Waals surface area (Å²) in [5, 5.41) is 8.56. The van der Waals surface area contributed by atoms with Crippen LogP contribution in [0.2, 0.25) is 0 Å². The number of amides is 1. The molecule has 2 fully saturated rings. The molecule has 0 aliphatic carbocycles. The lowest BCUT2D eigenvalue weighted by Crippen LogP contribution is -2.32. The molecule has 4 rings (SSSR count). The van der Waals surface area contributed by atoms with Gasteiger partial charge in [-0.2, -0.15) is 0 Å². The van der Waals surface area contributed by atoms with Gasteiger partial charge in [0.1, 0.15) is 0 Å². The first-order valence-electron chi connectivity index (χ1n) is 8.53. The van der Waals surface area contributed by atoms with E-state index in [4.69, 9.17) is 4.74 Å². The van der Waals surface area contributed by atoms with Crippen LogP contribution >= 0.6 is 0 Å². The van der Waals surface area contributed by atoms with Crippen molar-refractivity contribution < 1.29 is 9.53 Å². The summed E-state index contributed by atoms with van der Waals surface area (Å²) in [7, 11) is 0. The standard InChI is InChI=1S/C17H22N4O2/c22-16(9-8-13-5-4-12-23-13)20-11-3-6-14(20)17-19-18-15-7-1-2-10-21(15)17/h1-2,7,10,13-14H,3-6,8-9,11-12H2/t13-,14+/m0/s1. The van der Waals surface area contributed by atoms with Gasteiger partial charge in [0.25, 0.3) is 0 Å². The Hall–Kier alpha value is -1.95. The first-order chi connectivity index (χ1) is 11.3. The van der Waals surface area contributed by atoms with Crippen LogP contribution in [0.15, 0.2) is 24.4 Å². The van der Waals surface area contributed by atoms with Crippen LogP contribution in [0.5, 0.6) is 0 Å². The van der Waals surface area contributed by atoms with Gasteiger partial charge in [0, 0.05) is 25.8 Å². The van der Waals surface area contributed by atoms with E-state index in [0.29, 0.717) is 6.42 Å². The Bertz CT molecular complexity index is 693. The Morgan fingerprint density at radius 1 is 1.26 bits per heavy atom. The van der Waals surface area contributed by atoms with E-state index in [0.717, 1.165) is 56.7 Å². The van der Waals surface area contributed by atoms with Crippen LogP contribution in [0.25, 0.3) is 5.65 Å². The summed E-state index contributed by atoms with van der Waals surface area (Å²) in [5.74, 6) is 1.10. The number of hydrogen-bond donors (Lipinski definition) is 0. The molecule has 0 spiro atoms. The molecule has 6 heteroatoms. The Morgan fingerprint density at radius 2 is 2.22 bits per heavy atom. The third-order valence-corrected chi connectivity index (χ3v) is 4.92. The molecule has 2 aromatic rings. The molecule has 2 aliphatic rings. The minimum Gasteiger partial charge on any atom is -0.378 e. The molecule has 4 heterocycles. The maximum Gasteiger partial charge on any atom is 0.223 e. The largest absolute Gasteiger partial charge is 0.378 e. The molecule has 0 bridgehead atoms. The lowest BCUT2D eigenvalue weighted by molar-refractivity contribution is -0.132. The van der Waals surface area contributed by atoms with Crippen LogP contribution in [0.3, 0.4) is 0 Å². The van der Waals surface area contributed by atoms with Crippen LogP contribution < -0.4 is 0 Å². The van der Waals surface area contributed by atoms with Crippen molar-refractivity contribution in [3.63, 3.8) is 0 Å². The average Bonchev–Trinajstić information content (AvgIpc) is 3.31. The summed E-state index contributed by atoms with van der Waals surface area (Å²) in [5.41, 5.74) is 0.834. The zero-order valence-electron chi connectivity index (χ0n) is 13.2. The van der Waals surface area contributed by atoms with Gasteiger partial charge in [-0.05, 0) is 44.2 Å². The quantitative estimate of drug-likeness (QED) is 0.869. The number of carbonyl (C=O) groups excluding carboxylic acids is 1. The Balaban J connectivity index is 1.48. The average molecular weight is 314 g/mol. The minimum absolute atomic E-state index is 0.0457. The number of ether oxygens (including phenoxy) is 1. The maximum absolute atomic E-state index is 12.7. The van der Waals surface area contributed by atoms with E-state index in [-0.39, 0.29) is 18.1 Å². The summed E-state index contributed by atoms with van der Waals surface area (Å²) in [4.78, 5) is 14.6. The number of carbonyl (C=O) groups is 1. The molecule has 0 aromatic carbocycles. The zero-order chi connectivity index (χ0) is 15.6. The first kappa shape index (κ1) is 14.6. The first-order valence-corrected chi connectivity index (χ1v) is 8.53. The third-order valence-electron chi connectivity index (χ3n) is 4.92. The van der Waals surface area contributed by atoms with Crippen LogP contribution in [0.1, 0.15) is 50.4 Å². The fourth-order valence-electron chi connectivity index (χ4n) is 3.72. The van der Waals surface area contributed by atoms with E-state index in [9.17, 15) is 4.79 Å². The van der Waals surface area contributed by atoms with E-state index in [1.807, 2.05) is 33.7 Å². The molecule has 6 nitrogen and oxygen atoms in total. The van der Waals surface area contributed by atoms with Crippen molar-refractivity contribution in [2.24, 2.45) is 0 Å². The molecule has 2 atom stereocenters. The number of fused-ring (bicyclic) bond motifs is 1. The number of likely N-dealkylation sites (tertiary alicyclic amines) is 1. The van der Waals surface area contributed by atoms with Crippen molar-refractivity contribution in [1.29, 1.82) is 0 Å². The van der Waals surface area contributed by atoms with Crippen molar-refractivity contribution in [1.82, 2.24) is 19.5 Å². The summed E-state index contributed by atoms with van der Waals surface area (Å²) in [6.07, 6.45) is 7.84. The molecule has 0 unspecified atom stereocenters. The van der Waals surface area contributed by atoms with Crippen LogP contribution in [0.4, 0.5) is 0 Å². The van der Waals surface area contributed by atoms with Gasteiger partial charge in [-0.3, -0.25) is 9.20 Å². The molecule has 2 aliphatic heterocycles. The van der Waals surface area contributed by atoms with Crippen molar-refractivity contribution >= 4 is 11.6 Å². The molecule has 0 N–H and O–H groups in total. The van der Waals surface area contributed by atoms with Gasteiger partial charge in [-0.15, -0.1) is 10.2 Å². The number of rotatable bonds is 4. The second kappa shape index (κ2) is 6.28. The van der Waals surface area contributed by atoms with Crippen LogP contribution in [0, 0.1) is 0 Å². The second-order valence-electron chi connectivity index (χ2n) is 6.41. The lowest BCUT2D eigenvalue weighted by Gasteiger charge is -2.24. The summed E-state index contributed by atoms with van der Waals surface area (Å²) < 4.78 is 7.62. The van der Waals surface area contributed by atoms with Crippen molar-refractivity contribution in [2.75, 3.05) is 13.2 Å². The lowest BCUT2D eigenvalue weighted by atomic mass is 10.1. The van der Waals surface area contributed by atoms with Gasteiger partial charge >= 0.3 is 0 Å². The molecule has 0 radical (unpaired) electrons. The SMILES string of the molecule is O=C(CC[C@@H]1CCCO1)N1CCC[C@@H]1c1nnc2ccccn12. The normalized spacial score (nSPS) is 24.6. The van der Waals surface area contributed by atoms with Gasteiger partial charge in [-0.25, -0.2) is 0 Å². The second-order valence-corrected chi connectivity index (χ2v) is 6.41. The number of pyridine rings is 1. The molecular weight excluding hydrogens is 292 g/mol. The van der Waals surface area contributed by atoms with Crippen LogP contribution in [-0.4, -0.2) is 44.7 Å². The Morgan fingerprint density at radius 3 is 3.09 bits per heavy atom. The monoisotopic (exact) mass is 314 g/mol. The summed E-state index contributed by atoms with van der Waals surface area (Å²) in [6.45, 7) is 1.66. The minimum atomic E-state index is 0.0457. The van der Waals surface area contributed by atoms with Crippen molar-refractivity contribution in [3.8, 4) is 0 Å². The fraction of sp³-hybridized carbons (Fsp3) is 0.588. The van der Waals surface area contributed by atoms with E-state index >= 15 is 0 Å².